The number of nitrogens with two attached hydrogens (primary N) is 1. The van der Waals surface area contributed by atoms with E-state index < -0.39 is 5.54 Å². The molecule has 0 aliphatic heterocycles. The summed E-state index contributed by atoms with van der Waals surface area (Å²) in [6, 6.07) is 0. The Morgan fingerprint density at radius 2 is 2.00 bits per heavy atom. The van der Waals surface area contributed by atoms with E-state index >= 15 is 0 Å². The van der Waals surface area contributed by atoms with E-state index in [-0.39, 0.29) is 25.7 Å². The Bertz CT molecular complexity index is 1000. The van der Waals surface area contributed by atoms with Crippen molar-refractivity contribution in [3.8, 4) is 10.8 Å². The molecule has 1 atom stereocenters. The Labute approximate surface area is 180 Å². The summed E-state index contributed by atoms with van der Waals surface area (Å²) in [4.78, 5) is 7.18. The topological polar surface area (TPSA) is 115 Å². The summed E-state index contributed by atoms with van der Waals surface area (Å²) in [6.07, 6.45) is 6.15. The molecule has 0 spiro atoms. The Kier molecular flexibility index (Phi) is 5.85. The molecule has 2 aliphatic carbocycles. The third kappa shape index (κ3) is 3.85. The molecular formula is C22H29N3O4S. The lowest BCUT2D eigenvalue weighted by atomic mass is 9.89. The molecule has 4 rings (SSSR count). The number of allylic oxidation sites excluding steroid dienone is 4. The van der Waals surface area contributed by atoms with Crippen molar-refractivity contribution < 1.29 is 19.5 Å². The minimum Gasteiger partial charge on any atom is -0.495 e. The molecule has 0 aromatic carbocycles. The molecule has 8 heteroatoms. The van der Waals surface area contributed by atoms with Crippen molar-refractivity contribution in [2.75, 3.05) is 19.8 Å². The molecule has 2 aliphatic rings. The maximum Gasteiger partial charge on any atom is 0.268 e. The number of thiophene rings is 1. The standard InChI is InChI=1S/C22H29N3O4S/c1-12-7-15(8-13(2)18(12)28-11-22(23,9-26)10-27)20-24-21(29-25-20)19-17-6-4-5-16(17)14(3)30-19/h7,13,26-27H,4-6,8-11,23H2,1-3H3. The summed E-state index contributed by atoms with van der Waals surface area (Å²) in [5.74, 6) is 2.14. The van der Waals surface area contributed by atoms with E-state index in [0.717, 1.165) is 34.6 Å². The lowest BCUT2D eigenvalue weighted by Crippen LogP contribution is -2.51. The molecule has 1 unspecified atom stereocenters. The predicted molar refractivity (Wildman–Crippen MR) is 116 cm³/mol. The monoisotopic (exact) mass is 431 g/mol. The predicted octanol–water partition coefficient (Wildman–Crippen LogP) is 2.99. The number of aromatic nitrogens is 2. The molecule has 0 saturated carbocycles. The minimum absolute atomic E-state index is 0.0510. The van der Waals surface area contributed by atoms with Crippen molar-refractivity contribution in [3.05, 3.63) is 39.2 Å². The summed E-state index contributed by atoms with van der Waals surface area (Å²) in [7, 11) is 0. The average Bonchev–Trinajstić information content (AvgIpc) is 3.45. The van der Waals surface area contributed by atoms with E-state index in [1.54, 1.807) is 11.3 Å². The molecule has 30 heavy (non-hydrogen) atoms. The number of hydrogen-bond acceptors (Lipinski definition) is 8. The molecule has 0 radical (unpaired) electrons. The van der Waals surface area contributed by atoms with Gasteiger partial charge in [0.15, 0.2) is 5.82 Å². The Hall–Kier alpha value is -2.00. The van der Waals surface area contributed by atoms with E-state index in [0.29, 0.717) is 18.1 Å². The maximum atomic E-state index is 9.37. The van der Waals surface area contributed by atoms with Gasteiger partial charge < -0.3 is 25.2 Å². The summed E-state index contributed by atoms with van der Waals surface area (Å²) in [5, 5.41) is 23.0. The minimum atomic E-state index is -1.15. The van der Waals surface area contributed by atoms with Crippen molar-refractivity contribution >= 4 is 16.9 Å². The summed E-state index contributed by atoms with van der Waals surface area (Å²) in [6.45, 7) is 5.57. The van der Waals surface area contributed by atoms with E-state index in [1.165, 1.54) is 22.4 Å². The number of nitrogens with zero attached hydrogens (tertiary/aromatic N) is 2. The van der Waals surface area contributed by atoms with Gasteiger partial charge >= 0.3 is 0 Å². The van der Waals surface area contributed by atoms with Crippen LogP contribution in [0.15, 0.2) is 21.9 Å². The van der Waals surface area contributed by atoms with Gasteiger partial charge in [0.25, 0.3) is 5.89 Å². The molecule has 0 saturated heterocycles. The van der Waals surface area contributed by atoms with Gasteiger partial charge in [0.2, 0.25) is 0 Å². The van der Waals surface area contributed by atoms with Crippen molar-refractivity contribution in [1.29, 1.82) is 0 Å². The van der Waals surface area contributed by atoms with Crippen LogP contribution in [0.1, 0.15) is 48.5 Å². The maximum absolute atomic E-state index is 9.37. The molecule has 2 aromatic heterocycles. The summed E-state index contributed by atoms with van der Waals surface area (Å²) < 4.78 is 11.5. The number of hydrogen-bond donors (Lipinski definition) is 3. The van der Waals surface area contributed by atoms with Gasteiger partial charge in [-0.05, 0) is 62.3 Å². The zero-order valence-corrected chi connectivity index (χ0v) is 18.5. The first-order valence-electron chi connectivity index (χ1n) is 10.4. The molecule has 4 N–H and O–H groups in total. The first-order chi connectivity index (χ1) is 14.3. The van der Waals surface area contributed by atoms with Gasteiger partial charge in [-0.1, -0.05) is 12.1 Å². The van der Waals surface area contributed by atoms with Crippen LogP contribution in [0.25, 0.3) is 16.3 Å². The molecule has 2 heterocycles. The summed E-state index contributed by atoms with van der Waals surface area (Å²) in [5.41, 5.74) is 9.58. The highest BCUT2D eigenvalue weighted by atomic mass is 32.1. The fourth-order valence-electron chi connectivity index (χ4n) is 4.26. The van der Waals surface area contributed by atoms with Crippen LogP contribution in [0.2, 0.25) is 0 Å². The normalized spacial score (nSPS) is 19.3. The second-order valence-corrected chi connectivity index (χ2v) is 9.74. The van der Waals surface area contributed by atoms with E-state index in [4.69, 9.17) is 20.0 Å². The third-order valence-electron chi connectivity index (χ3n) is 5.98. The highest BCUT2D eigenvalue weighted by Crippen LogP contribution is 2.41. The van der Waals surface area contributed by atoms with E-state index in [2.05, 4.69) is 19.0 Å². The van der Waals surface area contributed by atoms with Crippen molar-refractivity contribution in [3.63, 3.8) is 0 Å². The molecule has 0 bridgehead atoms. The molecular weight excluding hydrogens is 402 g/mol. The van der Waals surface area contributed by atoms with Crippen molar-refractivity contribution in [2.24, 2.45) is 11.7 Å². The molecule has 0 fully saturated rings. The van der Waals surface area contributed by atoms with Gasteiger partial charge in [-0.2, -0.15) is 4.98 Å². The molecule has 7 nitrogen and oxygen atoms in total. The molecule has 2 aromatic rings. The fourth-order valence-corrected chi connectivity index (χ4v) is 5.43. The number of aryl methyl sites for hydroxylation is 1. The number of ether oxygens (including phenoxy) is 1. The highest BCUT2D eigenvalue weighted by Gasteiger charge is 2.29. The Morgan fingerprint density at radius 3 is 2.70 bits per heavy atom. The lowest BCUT2D eigenvalue weighted by molar-refractivity contribution is 0.0444. The SMILES string of the molecule is CC1=C(OCC(N)(CO)CO)C(C)CC(c2noc(-c3sc(C)c4c3CCC4)n2)=C1. The zero-order valence-electron chi connectivity index (χ0n) is 17.7. The van der Waals surface area contributed by atoms with E-state index in [9.17, 15) is 10.2 Å². The van der Waals surface area contributed by atoms with Crippen LogP contribution in [-0.4, -0.2) is 45.7 Å². The first-order valence-corrected chi connectivity index (χ1v) is 11.2. The fraction of sp³-hybridized carbons (Fsp3) is 0.545. The van der Waals surface area contributed by atoms with Crippen LogP contribution in [0.5, 0.6) is 0 Å². The van der Waals surface area contributed by atoms with Gasteiger partial charge in [-0.15, -0.1) is 11.3 Å². The van der Waals surface area contributed by atoms with E-state index in [1.807, 2.05) is 13.0 Å². The van der Waals surface area contributed by atoms with Gasteiger partial charge in [0.1, 0.15) is 12.4 Å². The quantitative estimate of drug-likeness (QED) is 0.617. The molecule has 162 valence electrons. The van der Waals surface area contributed by atoms with Crippen molar-refractivity contribution in [1.82, 2.24) is 10.1 Å². The van der Waals surface area contributed by atoms with Gasteiger partial charge in [-0.25, -0.2) is 0 Å². The van der Waals surface area contributed by atoms with Gasteiger partial charge in [0.05, 0.1) is 23.6 Å². The van der Waals surface area contributed by atoms with Crippen LogP contribution >= 0.6 is 11.3 Å². The highest BCUT2D eigenvalue weighted by molar-refractivity contribution is 7.15. The van der Waals surface area contributed by atoms with Crippen LogP contribution in [0, 0.1) is 12.8 Å². The van der Waals surface area contributed by atoms with Crippen molar-refractivity contribution in [2.45, 2.75) is 52.0 Å². The molecule has 0 amide bonds. The number of aliphatic hydroxyl groups is 2. The smallest absolute Gasteiger partial charge is 0.268 e. The Balaban J connectivity index is 1.56. The first kappa shape index (κ1) is 21.2. The van der Waals surface area contributed by atoms with Crippen LogP contribution in [0.4, 0.5) is 0 Å². The van der Waals surface area contributed by atoms with Crippen LogP contribution in [-0.2, 0) is 17.6 Å². The van der Waals surface area contributed by atoms with Gasteiger partial charge in [0, 0.05) is 16.4 Å². The summed E-state index contributed by atoms with van der Waals surface area (Å²) >= 11 is 1.75. The lowest BCUT2D eigenvalue weighted by Gasteiger charge is -2.29. The third-order valence-corrected chi connectivity index (χ3v) is 7.16. The second-order valence-electron chi connectivity index (χ2n) is 8.51. The largest absolute Gasteiger partial charge is 0.495 e. The second kappa shape index (κ2) is 8.26. The van der Waals surface area contributed by atoms with Crippen LogP contribution < -0.4 is 5.73 Å². The number of fused-ring (bicyclic) bond motifs is 1. The average molecular weight is 432 g/mol. The number of rotatable bonds is 7. The number of aliphatic hydroxyl groups excluding tert-OH is 2. The van der Waals surface area contributed by atoms with Crippen LogP contribution in [0.3, 0.4) is 0 Å². The van der Waals surface area contributed by atoms with Gasteiger partial charge in [-0.3, -0.25) is 0 Å². The zero-order chi connectivity index (χ0) is 21.5. The Morgan fingerprint density at radius 1 is 1.27 bits per heavy atom.